The number of benzene rings is 7. The van der Waals surface area contributed by atoms with Crippen molar-refractivity contribution in [2.45, 2.75) is 19.3 Å². The van der Waals surface area contributed by atoms with E-state index in [4.69, 9.17) is 0 Å². The van der Waals surface area contributed by atoms with Crippen LogP contribution in [0, 0.1) is 0 Å². The first-order valence-electron chi connectivity index (χ1n) is 14.5. The maximum absolute atomic E-state index is 2.46. The molecule has 8 rings (SSSR count). The standard InChI is InChI=1S/C41H30/c1-41(2)37-20-12-11-17-31(37)32-23-22-30(26-38(32)41)40-34-19-10-9-18-33(34)39(28-15-7-4-8-16-28)36-25-29(21-24-35(36)40)27-13-5-3-6-14-27/h3-26H,1-2H3. The van der Waals surface area contributed by atoms with Gasteiger partial charge in [0.2, 0.25) is 0 Å². The van der Waals surface area contributed by atoms with Crippen molar-refractivity contribution in [3.05, 3.63) is 157 Å². The second-order valence-corrected chi connectivity index (χ2v) is 11.7. The van der Waals surface area contributed by atoms with Gasteiger partial charge in [-0.25, -0.2) is 0 Å². The summed E-state index contributed by atoms with van der Waals surface area (Å²) >= 11 is 0. The van der Waals surface area contributed by atoms with Gasteiger partial charge in [0.15, 0.2) is 0 Å². The Morgan fingerprint density at radius 2 is 0.878 bits per heavy atom. The van der Waals surface area contributed by atoms with Gasteiger partial charge in [-0.3, -0.25) is 0 Å². The monoisotopic (exact) mass is 522 g/mol. The lowest BCUT2D eigenvalue weighted by molar-refractivity contribution is 0.660. The Balaban J connectivity index is 1.47. The van der Waals surface area contributed by atoms with Crippen molar-refractivity contribution in [3.8, 4) is 44.5 Å². The Morgan fingerprint density at radius 1 is 0.341 bits per heavy atom. The molecule has 0 aromatic heterocycles. The number of hydrogen-bond acceptors (Lipinski definition) is 0. The summed E-state index contributed by atoms with van der Waals surface area (Å²) in [6, 6.07) is 53.6. The molecule has 0 radical (unpaired) electrons. The molecule has 41 heavy (non-hydrogen) atoms. The first-order valence-corrected chi connectivity index (χ1v) is 14.5. The average Bonchev–Trinajstić information content (AvgIpc) is 3.26. The van der Waals surface area contributed by atoms with Crippen molar-refractivity contribution in [1.29, 1.82) is 0 Å². The van der Waals surface area contributed by atoms with Crippen molar-refractivity contribution < 1.29 is 0 Å². The SMILES string of the molecule is CC1(C)c2ccccc2-c2ccc(-c3c4ccccc4c(-c4ccccc4)c4cc(-c5ccccc5)ccc34)cc21. The normalized spacial score (nSPS) is 13.3. The van der Waals surface area contributed by atoms with E-state index in [9.17, 15) is 0 Å². The molecular weight excluding hydrogens is 492 g/mol. The first kappa shape index (κ1) is 23.9. The van der Waals surface area contributed by atoms with E-state index in [1.54, 1.807) is 0 Å². The van der Waals surface area contributed by atoms with Crippen LogP contribution in [-0.4, -0.2) is 0 Å². The predicted molar refractivity (Wildman–Crippen MR) is 175 cm³/mol. The minimum atomic E-state index is -0.0436. The smallest absolute Gasteiger partial charge is 0.0159 e. The molecule has 1 aliphatic carbocycles. The largest absolute Gasteiger partial charge is 0.0622 e. The number of fused-ring (bicyclic) bond motifs is 5. The van der Waals surface area contributed by atoms with Gasteiger partial charge in [0, 0.05) is 5.41 Å². The van der Waals surface area contributed by atoms with E-state index in [-0.39, 0.29) is 5.41 Å². The molecular formula is C41H30. The minimum absolute atomic E-state index is 0.0436. The zero-order valence-electron chi connectivity index (χ0n) is 23.4. The fourth-order valence-corrected chi connectivity index (χ4v) is 7.08. The molecule has 0 aliphatic heterocycles. The molecule has 0 amide bonds. The van der Waals surface area contributed by atoms with Crippen molar-refractivity contribution in [2.75, 3.05) is 0 Å². The van der Waals surface area contributed by atoms with Gasteiger partial charge in [-0.15, -0.1) is 0 Å². The molecule has 7 aromatic rings. The van der Waals surface area contributed by atoms with Crippen LogP contribution in [0.2, 0.25) is 0 Å². The minimum Gasteiger partial charge on any atom is -0.0622 e. The second-order valence-electron chi connectivity index (χ2n) is 11.7. The van der Waals surface area contributed by atoms with Crippen LogP contribution in [0.15, 0.2) is 146 Å². The fraction of sp³-hybridized carbons (Fsp3) is 0.0732. The third kappa shape index (κ3) is 3.61. The highest BCUT2D eigenvalue weighted by Gasteiger charge is 2.35. The van der Waals surface area contributed by atoms with Gasteiger partial charge >= 0.3 is 0 Å². The summed E-state index contributed by atoms with van der Waals surface area (Å²) in [5, 5.41) is 5.15. The zero-order chi connectivity index (χ0) is 27.6. The van der Waals surface area contributed by atoms with Crippen LogP contribution in [0.25, 0.3) is 66.1 Å². The zero-order valence-corrected chi connectivity index (χ0v) is 23.4. The molecule has 0 fully saturated rings. The van der Waals surface area contributed by atoms with E-state index >= 15 is 0 Å². The van der Waals surface area contributed by atoms with Crippen molar-refractivity contribution in [1.82, 2.24) is 0 Å². The van der Waals surface area contributed by atoms with Crippen molar-refractivity contribution in [2.24, 2.45) is 0 Å². The Hall–Kier alpha value is -4.94. The van der Waals surface area contributed by atoms with Gasteiger partial charge in [0.1, 0.15) is 0 Å². The highest BCUT2D eigenvalue weighted by atomic mass is 14.4. The summed E-state index contributed by atoms with van der Waals surface area (Å²) < 4.78 is 0. The first-order chi connectivity index (χ1) is 20.1. The molecule has 0 bridgehead atoms. The predicted octanol–water partition coefficient (Wildman–Crippen LogP) is 11.3. The summed E-state index contributed by atoms with van der Waals surface area (Å²) in [6.45, 7) is 4.73. The molecule has 0 N–H and O–H groups in total. The van der Waals surface area contributed by atoms with Crippen LogP contribution < -0.4 is 0 Å². The lowest BCUT2D eigenvalue weighted by Crippen LogP contribution is -2.14. The van der Waals surface area contributed by atoms with Crippen LogP contribution >= 0.6 is 0 Å². The quantitative estimate of drug-likeness (QED) is 0.202. The Morgan fingerprint density at radius 3 is 1.61 bits per heavy atom. The molecule has 7 aromatic carbocycles. The van der Waals surface area contributed by atoms with Gasteiger partial charge in [-0.1, -0.05) is 147 Å². The molecule has 0 spiro atoms. The van der Waals surface area contributed by atoms with E-state index < -0.39 is 0 Å². The van der Waals surface area contributed by atoms with Gasteiger partial charge in [0.25, 0.3) is 0 Å². The van der Waals surface area contributed by atoms with E-state index in [1.165, 1.54) is 77.2 Å². The van der Waals surface area contributed by atoms with Gasteiger partial charge in [-0.05, 0) is 89.3 Å². The van der Waals surface area contributed by atoms with Crippen LogP contribution in [0.1, 0.15) is 25.0 Å². The lowest BCUT2D eigenvalue weighted by atomic mass is 9.80. The Kier molecular flexibility index (Phi) is 5.27. The van der Waals surface area contributed by atoms with Crippen LogP contribution in [-0.2, 0) is 5.41 Å². The van der Waals surface area contributed by atoms with Gasteiger partial charge < -0.3 is 0 Å². The van der Waals surface area contributed by atoms with E-state index in [0.29, 0.717) is 0 Å². The Bertz CT molecular complexity index is 2100. The molecule has 0 nitrogen and oxygen atoms in total. The average molecular weight is 523 g/mol. The lowest BCUT2D eigenvalue weighted by Gasteiger charge is -2.23. The molecule has 0 heterocycles. The number of rotatable bonds is 3. The third-order valence-electron chi connectivity index (χ3n) is 9.07. The second kappa shape index (κ2) is 9.04. The Labute approximate surface area is 241 Å². The molecule has 0 unspecified atom stereocenters. The molecule has 0 atom stereocenters. The fourth-order valence-electron chi connectivity index (χ4n) is 7.08. The van der Waals surface area contributed by atoms with Gasteiger partial charge in [-0.2, -0.15) is 0 Å². The summed E-state index contributed by atoms with van der Waals surface area (Å²) in [5.41, 5.74) is 13.1. The van der Waals surface area contributed by atoms with E-state index in [2.05, 4.69) is 159 Å². The van der Waals surface area contributed by atoms with Gasteiger partial charge in [0.05, 0.1) is 0 Å². The summed E-state index contributed by atoms with van der Waals surface area (Å²) in [5.74, 6) is 0. The third-order valence-corrected chi connectivity index (χ3v) is 9.07. The highest BCUT2D eigenvalue weighted by molar-refractivity contribution is 6.22. The molecule has 1 aliphatic rings. The topological polar surface area (TPSA) is 0 Å². The maximum Gasteiger partial charge on any atom is 0.0159 e. The highest BCUT2D eigenvalue weighted by Crippen LogP contribution is 2.51. The number of hydrogen-bond donors (Lipinski definition) is 0. The summed E-state index contributed by atoms with van der Waals surface area (Å²) in [4.78, 5) is 0. The summed E-state index contributed by atoms with van der Waals surface area (Å²) in [6.07, 6.45) is 0. The van der Waals surface area contributed by atoms with E-state index in [1.807, 2.05) is 0 Å². The maximum atomic E-state index is 2.46. The molecule has 194 valence electrons. The molecule has 0 heteroatoms. The summed E-state index contributed by atoms with van der Waals surface area (Å²) in [7, 11) is 0. The van der Waals surface area contributed by atoms with Crippen LogP contribution in [0.5, 0.6) is 0 Å². The van der Waals surface area contributed by atoms with Crippen LogP contribution in [0.4, 0.5) is 0 Å². The van der Waals surface area contributed by atoms with Crippen LogP contribution in [0.3, 0.4) is 0 Å². The molecule has 0 saturated heterocycles. The molecule has 0 saturated carbocycles. The van der Waals surface area contributed by atoms with Crippen molar-refractivity contribution >= 4 is 21.5 Å². The van der Waals surface area contributed by atoms with E-state index in [0.717, 1.165) is 0 Å². The van der Waals surface area contributed by atoms with Crippen molar-refractivity contribution in [3.63, 3.8) is 0 Å².